The number of hydrogen-bond donors (Lipinski definition) is 3. The number of carbonyl (C=O) groups is 1. The molecule has 0 bridgehead atoms. The van der Waals surface area contributed by atoms with Crippen LogP contribution in [0.1, 0.15) is 21.5 Å². The number of amides is 1. The smallest absolute Gasteiger partial charge is 0.253 e. The highest BCUT2D eigenvalue weighted by atomic mass is 32.1. The lowest BCUT2D eigenvalue weighted by Gasteiger charge is -2.08. The Morgan fingerprint density at radius 1 is 1.50 bits per heavy atom. The van der Waals surface area contributed by atoms with Crippen LogP contribution >= 0.6 is 11.3 Å². The van der Waals surface area contributed by atoms with Crippen molar-refractivity contribution < 1.29 is 4.79 Å². The van der Waals surface area contributed by atoms with Gasteiger partial charge in [-0.15, -0.1) is 0 Å². The van der Waals surface area contributed by atoms with Crippen molar-refractivity contribution in [1.29, 1.82) is 0 Å². The maximum absolute atomic E-state index is 12.0. The lowest BCUT2D eigenvalue weighted by Crippen LogP contribution is -2.25. The predicted molar refractivity (Wildman–Crippen MR) is 72.3 cm³/mol. The molecule has 94 valence electrons. The number of nitrogen functional groups attached to an aromatic ring is 1. The van der Waals surface area contributed by atoms with E-state index in [2.05, 4.69) is 21.1 Å². The summed E-state index contributed by atoms with van der Waals surface area (Å²) in [4.78, 5) is 15.9. The molecule has 2 heterocycles. The number of carbonyl (C=O) groups excluding carboxylic acids is 1. The summed E-state index contributed by atoms with van der Waals surface area (Å²) in [5, 5.41) is 6.95. The first kappa shape index (κ1) is 12.5. The Morgan fingerprint density at radius 3 is 3.00 bits per heavy atom. The molecule has 0 spiro atoms. The van der Waals surface area contributed by atoms with E-state index in [4.69, 9.17) is 5.84 Å². The standard InChI is InChI=1S/C12H14N4OS/c1-8-6-18-7-9(8)4-15-12(17)10-2-3-14-5-11(10)16-13/h2-3,5-7,16H,4,13H2,1H3,(H,15,17). The van der Waals surface area contributed by atoms with Crippen LogP contribution in [0, 0.1) is 6.92 Å². The third-order valence-corrected chi connectivity index (χ3v) is 3.53. The molecule has 0 unspecified atom stereocenters. The van der Waals surface area contributed by atoms with Gasteiger partial charge in [0.2, 0.25) is 0 Å². The van der Waals surface area contributed by atoms with Crippen molar-refractivity contribution in [3.63, 3.8) is 0 Å². The normalized spacial score (nSPS) is 10.1. The summed E-state index contributed by atoms with van der Waals surface area (Å²) < 4.78 is 0. The van der Waals surface area contributed by atoms with Gasteiger partial charge in [-0.2, -0.15) is 11.3 Å². The van der Waals surface area contributed by atoms with Crippen molar-refractivity contribution in [1.82, 2.24) is 10.3 Å². The van der Waals surface area contributed by atoms with Gasteiger partial charge in [0, 0.05) is 12.7 Å². The van der Waals surface area contributed by atoms with Gasteiger partial charge in [-0.05, 0) is 34.9 Å². The first-order chi connectivity index (χ1) is 8.72. The van der Waals surface area contributed by atoms with E-state index >= 15 is 0 Å². The Bertz CT molecular complexity index is 553. The molecule has 4 N–H and O–H groups in total. The van der Waals surface area contributed by atoms with Gasteiger partial charge in [0.05, 0.1) is 17.4 Å². The van der Waals surface area contributed by atoms with Crippen LogP contribution in [0.4, 0.5) is 5.69 Å². The van der Waals surface area contributed by atoms with E-state index in [1.807, 2.05) is 12.3 Å². The first-order valence-electron chi connectivity index (χ1n) is 5.43. The van der Waals surface area contributed by atoms with Crippen LogP contribution in [-0.2, 0) is 6.54 Å². The van der Waals surface area contributed by atoms with E-state index in [1.165, 1.54) is 11.8 Å². The number of nitrogens with one attached hydrogen (secondary N) is 2. The Kier molecular flexibility index (Phi) is 3.91. The maximum Gasteiger partial charge on any atom is 0.253 e. The molecule has 0 aliphatic heterocycles. The molecule has 5 nitrogen and oxygen atoms in total. The molecule has 1 amide bonds. The molecule has 2 aromatic rings. The number of anilines is 1. The van der Waals surface area contributed by atoms with Crippen LogP contribution in [0.2, 0.25) is 0 Å². The number of pyridine rings is 1. The molecule has 0 aliphatic carbocycles. The number of aryl methyl sites for hydroxylation is 1. The van der Waals surface area contributed by atoms with Gasteiger partial charge in [-0.1, -0.05) is 0 Å². The number of hydrazine groups is 1. The van der Waals surface area contributed by atoms with E-state index < -0.39 is 0 Å². The van der Waals surface area contributed by atoms with Crippen LogP contribution in [-0.4, -0.2) is 10.9 Å². The molecular formula is C12H14N4OS. The van der Waals surface area contributed by atoms with Gasteiger partial charge in [0.15, 0.2) is 0 Å². The topological polar surface area (TPSA) is 80.0 Å². The zero-order valence-electron chi connectivity index (χ0n) is 9.93. The van der Waals surface area contributed by atoms with E-state index in [9.17, 15) is 4.79 Å². The van der Waals surface area contributed by atoms with Gasteiger partial charge in [0.25, 0.3) is 5.91 Å². The van der Waals surface area contributed by atoms with Gasteiger partial charge in [-0.3, -0.25) is 15.6 Å². The zero-order valence-corrected chi connectivity index (χ0v) is 10.8. The summed E-state index contributed by atoms with van der Waals surface area (Å²) in [5.74, 6) is 5.16. The second-order valence-electron chi connectivity index (χ2n) is 3.83. The summed E-state index contributed by atoms with van der Waals surface area (Å²) in [6.45, 7) is 2.54. The van der Waals surface area contributed by atoms with Crippen molar-refractivity contribution in [2.24, 2.45) is 5.84 Å². The van der Waals surface area contributed by atoms with E-state index in [-0.39, 0.29) is 5.91 Å². The van der Waals surface area contributed by atoms with Gasteiger partial charge in [-0.25, -0.2) is 0 Å². The zero-order chi connectivity index (χ0) is 13.0. The number of nitrogens with two attached hydrogens (primary N) is 1. The lowest BCUT2D eigenvalue weighted by molar-refractivity contribution is 0.0951. The molecule has 6 heteroatoms. The molecule has 2 rings (SSSR count). The molecule has 18 heavy (non-hydrogen) atoms. The molecule has 0 atom stereocenters. The summed E-state index contributed by atoms with van der Waals surface area (Å²) in [6.07, 6.45) is 3.08. The number of nitrogens with zero attached hydrogens (tertiary/aromatic N) is 1. The fourth-order valence-corrected chi connectivity index (χ4v) is 2.40. The van der Waals surface area contributed by atoms with Crippen molar-refractivity contribution in [2.75, 3.05) is 5.43 Å². The van der Waals surface area contributed by atoms with Crippen molar-refractivity contribution in [3.8, 4) is 0 Å². The van der Waals surface area contributed by atoms with Crippen molar-refractivity contribution >= 4 is 22.9 Å². The van der Waals surface area contributed by atoms with Crippen LogP contribution < -0.4 is 16.6 Å². The average Bonchev–Trinajstić information content (AvgIpc) is 2.81. The van der Waals surface area contributed by atoms with E-state index in [0.29, 0.717) is 17.8 Å². The van der Waals surface area contributed by atoms with Gasteiger partial charge in [0.1, 0.15) is 0 Å². The minimum atomic E-state index is -0.170. The fourth-order valence-electron chi connectivity index (χ4n) is 1.55. The molecule has 0 radical (unpaired) electrons. The van der Waals surface area contributed by atoms with Crippen molar-refractivity contribution in [2.45, 2.75) is 13.5 Å². The molecule has 0 saturated carbocycles. The Morgan fingerprint density at radius 2 is 2.33 bits per heavy atom. The second kappa shape index (κ2) is 5.61. The summed E-state index contributed by atoms with van der Waals surface area (Å²) in [5.41, 5.74) is 5.77. The maximum atomic E-state index is 12.0. The fraction of sp³-hybridized carbons (Fsp3) is 0.167. The molecule has 2 aromatic heterocycles. The Labute approximate surface area is 109 Å². The minimum Gasteiger partial charge on any atom is -0.348 e. The van der Waals surface area contributed by atoms with Gasteiger partial charge < -0.3 is 10.7 Å². The SMILES string of the molecule is Cc1cscc1CNC(=O)c1ccncc1NN. The third kappa shape index (κ3) is 2.66. The quantitative estimate of drug-likeness (QED) is 0.578. The molecule has 0 aromatic carbocycles. The number of rotatable bonds is 4. The first-order valence-corrected chi connectivity index (χ1v) is 6.37. The van der Waals surface area contributed by atoms with Crippen LogP contribution in [0.3, 0.4) is 0 Å². The average molecular weight is 262 g/mol. The summed E-state index contributed by atoms with van der Waals surface area (Å²) >= 11 is 1.63. The van der Waals surface area contributed by atoms with E-state index in [1.54, 1.807) is 23.6 Å². The van der Waals surface area contributed by atoms with Gasteiger partial charge >= 0.3 is 0 Å². The highest BCUT2D eigenvalue weighted by Gasteiger charge is 2.10. The molecule has 0 saturated heterocycles. The Balaban J connectivity index is 2.06. The number of thiophene rings is 1. The van der Waals surface area contributed by atoms with E-state index in [0.717, 1.165) is 5.56 Å². The highest BCUT2D eigenvalue weighted by Crippen LogP contribution is 2.15. The highest BCUT2D eigenvalue weighted by molar-refractivity contribution is 7.08. The monoisotopic (exact) mass is 262 g/mol. The summed E-state index contributed by atoms with van der Waals surface area (Å²) in [7, 11) is 0. The number of aromatic nitrogens is 1. The Hall–Kier alpha value is -1.92. The predicted octanol–water partition coefficient (Wildman–Crippen LogP) is 1.67. The molecular weight excluding hydrogens is 248 g/mol. The van der Waals surface area contributed by atoms with Crippen molar-refractivity contribution in [3.05, 3.63) is 45.9 Å². The molecule has 0 aliphatic rings. The second-order valence-corrected chi connectivity index (χ2v) is 4.57. The largest absolute Gasteiger partial charge is 0.348 e. The third-order valence-electron chi connectivity index (χ3n) is 2.62. The number of hydrogen-bond acceptors (Lipinski definition) is 5. The van der Waals surface area contributed by atoms with Crippen LogP contribution in [0.5, 0.6) is 0 Å². The van der Waals surface area contributed by atoms with Crippen LogP contribution in [0.15, 0.2) is 29.2 Å². The van der Waals surface area contributed by atoms with Crippen LogP contribution in [0.25, 0.3) is 0 Å². The summed E-state index contributed by atoms with van der Waals surface area (Å²) in [6, 6.07) is 1.63. The molecule has 0 fully saturated rings. The lowest BCUT2D eigenvalue weighted by atomic mass is 10.2. The minimum absolute atomic E-state index is 0.170.